The first-order valence-corrected chi connectivity index (χ1v) is 8.98. The average Bonchev–Trinajstić information content (AvgIpc) is 2.36. The number of carbonyl (C=O) groups is 1. The first-order chi connectivity index (χ1) is 9.71. The fraction of sp³-hybridized carbons (Fsp3) is 0.500. The second-order valence-electron chi connectivity index (χ2n) is 5.72. The summed E-state index contributed by atoms with van der Waals surface area (Å²) in [4.78, 5) is 11.0. The molecule has 1 fully saturated rings. The number of rotatable bonds is 3. The normalized spacial score (nSPS) is 24.0. The van der Waals surface area contributed by atoms with Crippen molar-refractivity contribution in [3.05, 3.63) is 28.2 Å². The molecule has 0 bridgehead atoms. The van der Waals surface area contributed by atoms with Crippen molar-refractivity contribution in [1.29, 1.82) is 0 Å². The van der Waals surface area contributed by atoms with E-state index in [1.165, 1.54) is 22.5 Å². The molecule has 1 N–H and O–H groups in total. The molecule has 1 saturated heterocycles. The molecular weight excluding hydrogens is 358 g/mol. The van der Waals surface area contributed by atoms with E-state index in [-0.39, 0.29) is 14.9 Å². The van der Waals surface area contributed by atoms with Crippen LogP contribution in [0.15, 0.2) is 27.6 Å². The molecule has 1 aliphatic rings. The van der Waals surface area contributed by atoms with Gasteiger partial charge in [-0.25, -0.2) is 13.2 Å². The van der Waals surface area contributed by atoms with Crippen LogP contribution in [0.1, 0.15) is 30.6 Å². The Morgan fingerprint density at radius 2 is 1.86 bits per heavy atom. The number of nitrogens with zero attached hydrogens (tertiary/aromatic N) is 1. The van der Waals surface area contributed by atoms with Gasteiger partial charge in [0.15, 0.2) is 0 Å². The topological polar surface area (TPSA) is 74.7 Å². The lowest BCUT2D eigenvalue weighted by Gasteiger charge is -2.34. The van der Waals surface area contributed by atoms with Crippen LogP contribution in [0.4, 0.5) is 0 Å². The van der Waals surface area contributed by atoms with Gasteiger partial charge < -0.3 is 5.11 Å². The number of hydrogen-bond acceptors (Lipinski definition) is 3. The highest BCUT2D eigenvalue weighted by molar-refractivity contribution is 9.10. The number of aromatic carboxylic acids is 1. The second kappa shape index (κ2) is 6.06. The molecule has 2 atom stereocenters. The van der Waals surface area contributed by atoms with Gasteiger partial charge in [0.05, 0.1) is 10.5 Å². The third kappa shape index (κ3) is 3.46. The highest BCUT2D eigenvalue weighted by atomic mass is 79.9. The maximum atomic E-state index is 12.7. The lowest BCUT2D eigenvalue weighted by Crippen LogP contribution is -2.42. The van der Waals surface area contributed by atoms with Crippen molar-refractivity contribution in [2.75, 3.05) is 13.1 Å². The minimum absolute atomic E-state index is 0.0567. The summed E-state index contributed by atoms with van der Waals surface area (Å²) in [7, 11) is -3.61. The Hall–Kier alpha value is -0.920. The average molecular weight is 376 g/mol. The summed E-state index contributed by atoms with van der Waals surface area (Å²) in [5.74, 6) is -0.443. The molecule has 1 aromatic carbocycles. The van der Waals surface area contributed by atoms with Crippen molar-refractivity contribution < 1.29 is 18.3 Å². The maximum Gasteiger partial charge on any atom is 0.335 e. The number of carboxylic acid groups (broad SMARTS) is 1. The summed E-state index contributed by atoms with van der Waals surface area (Å²) >= 11 is 3.18. The summed E-state index contributed by atoms with van der Waals surface area (Å²) < 4.78 is 27.2. The van der Waals surface area contributed by atoms with Crippen LogP contribution in [-0.4, -0.2) is 36.9 Å². The quantitative estimate of drug-likeness (QED) is 0.880. The van der Waals surface area contributed by atoms with Crippen molar-refractivity contribution in [1.82, 2.24) is 4.31 Å². The minimum Gasteiger partial charge on any atom is -0.478 e. The van der Waals surface area contributed by atoms with Crippen LogP contribution in [0.25, 0.3) is 0 Å². The first-order valence-electron chi connectivity index (χ1n) is 6.74. The van der Waals surface area contributed by atoms with Crippen LogP contribution in [0.3, 0.4) is 0 Å². The zero-order valence-corrected chi connectivity index (χ0v) is 14.3. The number of carboxylic acids is 1. The summed E-state index contributed by atoms with van der Waals surface area (Å²) in [5.41, 5.74) is 0.0567. The summed E-state index contributed by atoms with van der Waals surface area (Å²) in [6, 6.07) is 4.00. The smallest absolute Gasteiger partial charge is 0.335 e. The molecule has 0 radical (unpaired) electrons. The number of benzene rings is 1. The Bertz CT molecular complexity index is 649. The van der Waals surface area contributed by atoms with Gasteiger partial charge >= 0.3 is 5.97 Å². The van der Waals surface area contributed by atoms with Crippen molar-refractivity contribution in [2.45, 2.75) is 25.2 Å². The summed E-state index contributed by atoms with van der Waals surface area (Å²) in [5, 5.41) is 8.94. The lowest BCUT2D eigenvalue weighted by atomic mass is 9.94. The third-order valence-corrected chi connectivity index (χ3v) is 6.44. The van der Waals surface area contributed by atoms with E-state index < -0.39 is 16.0 Å². The van der Waals surface area contributed by atoms with Crippen LogP contribution in [-0.2, 0) is 10.0 Å². The Morgan fingerprint density at radius 3 is 2.33 bits per heavy atom. The van der Waals surface area contributed by atoms with E-state index in [2.05, 4.69) is 15.9 Å². The fourth-order valence-corrected chi connectivity index (χ4v) is 5.50. The van der Waals surface area contributed by atoms with Gasteiger partial charge in [-0.3, -0.25) is 0 Å². The van der Waals surface area contributed by atoms with Gasteiger partial charge in [-0.05, 0) is 52.4 Å². The molecule has 5 nitrogen and oxygen atoms in total. The Morgan fingerprint density at radius 1 is 1.29 bits per heavy atom. The molecule has 0 aromatic heterocycles. The van der Waals surface area contributed by atoms with E-state index >= 15 is 0 Å². The van der Waals surface area contributed by atoms with Crippen LogP contribution in [0, 0.1) is 11.8 Å². The lowest BCUT2D eigenvalue weighted by molar-refractivity contribution is 0.0696. The molecule has 21 heavy (non-hydrogen) atoms. The van der Waals surface area contributed by atoms with E-state index in [0.717, 1.165) is 6.42 Å². The Kier molecular flexibility index (Phi) is 4.75. The number of halogens is 1. The SMILES string of the molecule is CC1CC(C)CN(S(=O)(=O)c2ccc(C(=O)O)cc2Br)C1. The molecule has 1 aliphatic heterocycles. The molecule has 1 aromatic rings. The summed E-state index contributed by atoms with van der Waals surface area (Å²) in [6.07, 6.45) is 1.02. The zero-order chi connectivity index (χ0) is 15.8. The molecular formula is C14H18BrNO4S. The number of sulfonamides is 1. The van der Waals surface area contributed by atoms with Crippen LogP contribution < -0.4 is 0 Å². The Balaban J connectivity index is 2.37. The molecule has 2 rings (SSSR count). The van der Waals surface area contributed by atoms with E-state index in [1.807, 2.05) is 13.8 Å². The Labute approximate surface area is 133 Å². The van der Waals surface area contributed by atoms with Crippen molar-refractivity contribution >= 4 is 31.9 Å². The van der Waals surface area contributed by atoms with E-state index in [9.17, 15) is 13.2 Å². The predicted octanol–water partition coefficient (Wildman–Crippen LogP) is 2.81. The monoisotopic (exact) mass is 375 g/mol. The molecule has 0 amide bonds. The fourth-order valence-electron chi connectivity index (χ4n) is 2.78. The molecule has 2 unspecified atom stereocenters. The number of hydrogen-bond donors (Lipinski definition) is 1. The van der Waals surface area contributed by atoms with E-state index in [0.29, 0.717) is 24.9 Å². The van der Waals surface area contributed by atoms with Gasteiger partial charge in [0, 0.05) is 17.6 Å². The first kappa shape index (κ1) is 16.5. The van der Waals surface area contributed by atoms with Crippen molar-refractivity contribution in [2.24, 2.45) is 11.8 Å². The molecule has 0 spiro atoms. The molecule has 0 aliphatic carbocycles. The van der Waals surface area contributed by atoms with Crippen LogP contribution >= 0.6 is 15.9 Å². The predicted molar refractivity (Wildman–Crippen MR) is 82.8 cm³/mol. The highest BCUT2D eigenvalue weighted by Gasteiger charge is 2.32. The van der Waals surface area contributed by atoms with E-state index in [1.54, 1.807) is 0 Å². The third-order valence-electron chi connectivity index (χ3n) is 3.63. The van der Waals surface area contributed by atoms with Gasteiger partial charge in [-0.1, -0.05) is 13.8 Å². The zero-order valence-electron chi connectivity index (χ0n) is 11.9. The molecule has 116 valence electrons. The molecule has 1 heterocycles. The van der Waals surface area contributed by atoms with E-state index in [4.69, 9.17) is 5.11 Å². The second-order valence-corrected chi connectivity index (χ2v) is 8.48. The summed E-state index contributed by atoms with van der Waals surface area (Å²) in [6.45, 7) is 5.08. The minimum atomic E-state index is -3.61. The van der Waals surface area contributed by atoms with Crippen LogP contribution in [0.2, 0.25) is 0 Å². The molecule has 0 saturated carbocycles. The van der Waals surface area contributed by atoms with Gasteiger partial charge in [-0.2, -0.15) is 4.31 Å². The van der Waals surface area contributed by atoms with Crippen molar-refractivity contribution in [3.63, 3.8) is 0 Å². The standard InChI is InChI=1S/C14H18BrNO4S/c1-9-5-10(2)8-16(7-9)21(19,20)13-4-3-11(14(17)18)6-12(13)15/h3-4,6,9-10H,5,7-8H2,1-2H3,(H,17,18). The highest BCUT2D eigenvalue weighted by Crippen LogP contribution is 2.30. The molecule has 7 heteroatoms. The van der Waals surface area contributed by atoms with Gasteiger partial charge in [0.1, 0.15) is 0 Å². The number of piperidine rings is 1. The largest absolute Gasteiger partial charge is 0.478 e. The van der Waals surface area contributed by atoms with Gasteiger partial charge in [0.25, 0.3) is 0 Å². The maximum absolute atomic E-state index is 12.7. The van der Waals surface area contributed by atoms with Crippen molar-refractivity contribution in [3.8, 4) is 0 Å². The van der Waals surface area contributed by atoms with Crippen LogP contribution in [0.5, 0.6) is 0 Å². The van der Waals surface area contributed by atoms with Gasteiger partial charge in [0.2, 0.25) is 10.0 Å². The van der Waals surface area contributed by atoms with Gasteiger partial charge in [-0.15, -0.1) is 0 Å².